The number of Topliss-reactive ketones (excluding diaryl/α,β-unsaturated/α-hetero) is 1. The zero-order valence-corrected chi connectivity index (χ0v) is 15.1. The molecule has 0 heterocycles. The molecule has 2 fully saturated rings. The third-order valence-electron chi connectivity index (χ3n) is 6.30. The molecule has 21 heavy (non-hydrogen) atoms. The van der Waals surface area contributed by atoms with Crippen LogP contribution in [0, 0.1) is 20.3 Å². The standard InChI is InChI=1S/C18H23IO2/c1-17(2)13-8-9-18(17,3)16(10-13)21-11-15(20)12-4-6-14(19)7-5-12/h4-7,13,16H,8-11H2,1-3H3. The maximum atomic E-state index is 12.3. The van der Waals surface area contributed by atoms with Crippen molar-refractivity contribution in [2.24, 2.45) is 16.7 Å². The SMILES string of the molecule is CC1(C)C2CCC1(C)C(OCC(=O)c1ccc(I)cc1)C2. The molecule has 0 saturated heterocycles. The Bertz CT molecular complexity index is 549. The van der Waals surface area contributed by atoms with E-state index in [2.05, 4.69) is 43.4 Å². The maximum absolute atomic E-state index is 12.3. The van der Waals surface area contributed by atoms with Crippen molar-refractivity contribution in [3.05, 3.63) is 33.4 Å². The van der Waals surface area contributed by atoms with E-state index in [0.29, 0.717) is 5.41 Å². The van der Waals surface area contributed by atoms with Crippen molar-refractivity contribution in [1.29, 1.82) is 0 Å². The van der Waals surface area contributed by atoms with Crippen molar-refractivity contribution < 1.29 is 9.53 Å². The van der Waals surface area contributed by atoms with Gasteiger partial charge in [-0.05, 0) is 70.7 Å². The smallest absolute Gasteiger partial charge is 0.188 e. The minimum atomic E-state index is 0.0931. The van der Waals surface area contributed by atoms with Gasteiger partial charge in [-0.15, -0.1) is 0 Å². The summed E-state index contributed by atoms with van der Waals surface area (Å²) in [5.74, 6) is 0.844. The monoisotopic (exact) mass is 398 g/mol. The molecule has 2 aliphatic rings. The largest absolute Gasteiger partial charge is 0.369 e. The van der Waals surface area contributed by atoms with Crippen molar-refractivity contribution in [3.63, 3.8) is 0 Å². The van der Waals surface area contributed by atoms with Crippen LogP contribution >= 0.6 is 22.6 Å². The predicted molar refractivity (Wildman–Crippen MR) is 92.5 cm³/mol. The van der Waals surface area contributed by atoms with Gasteiger partial charge in [0.2, 0.25) is 0 Å². The van der Waals surface area contributed by atoms with Gasteiger partial charge in [-0.2, -0.15) is 0 Å². The topological polar surface area (TPSA) is 26.3 Å². The molecule has 3 heteroatoms. The van der Waals surface area contributed by atoms with Gasteiger partial charge in [0.1, 0.15) is 6.61 Å². The number of hydrogen-bond acceptors (Lipinski definition) is 2. The molecule has 2 aliphatic carbocycles. The molecule has 0 N–H and O–H groups in total. The van der Waals surface area contributed by atoms with Crippen molar-refractivity contribution in [3.8, 4) is 0 Å². The van der Waals surface area contributed by atoms with Gasteiger partial charge in [-0.1, -0.05) is 32.9 Å². The van der Waals surface area contributed by atoms with Gasteiger partial charge in [0.15, 0.2) is 5.78 Å². The lowest BCUT2D eigenvalue weighted by atomic mass is 9.70. The Morgan fingerprint density at radius 2 is 1.95 bits per heavy atom. The second kappa shape index (κ2) is 5.34. The highest BCUT2D eigenvalue weighted by Gasteiger charge is 2.61. The number of halogens is 1. The van der Waals surface area contributed by atoms with Gasteiger partial charge in [0.25, 0.3) is 0 Å². The molecule has 0 aliphatic heterocycles. The Labute approximate surface area is 140 Å². The number of carbonyl (C=O) groups is 1. The van der Waals surface area contributed by atoms with Crippen LogP contribution in [0.1, 0.15) is 50.4 Å². The summed E-state index contributed by atoms with van der Waals surface area (Å²) >= 11 is 2.25. The minimum absolute atomic E-state index is 0.0931. The first-order chi connectivity index (χ1) is 9.84. The highest BCUT2D eigenvalue weighted by atomic mass is 127. The van der Waals surface area contributed by atoms with Crippen molar-refractivity contribution in [2.45, 2.75) is 46.1 Å². The highest BCUT2D eigenvalue weighted by molar-refractivity contribution is 14.1. The van der Waals surface area contributed by atoms with E-state index in [-0.39, 0.29) is 23.9 Å². The van der Waals surface area contributed by atoms with Crippen LogP contribution in [0.3, 0.4) is 0 Å². The quantitative estimate of drug-likeness (QED) is 0.543. The van der Waals surface area contributed by atoms with E-state index in [1.165, 1.54) is 12.8 Å². The van der Waals surface area contributed by atoms with Gasteiger partial charge in [-0.3, -0.25) is 4.79 Å². The Morgan fingerprint density at radius 3 is 2.48 bits per heavy atom. The molecular formula is C18H23IO2. The molecule has 1 aromatic rings. The summed E-state index contributed by atoms with van der Waals surface area (Å²) in [4.78, 5) is 12.3. The first-order valence-corrected chi connectivity index (χ1v) is 8.83. The molecule has 2 nitrogen and oxygen atoms in total. The van der Waals surface area contributed by atoms with Gasteiger partial charge in [0, 0.05) is 9.13 Å². The molecule has 2 saturated carbocycles. The normalized spacial score (nSPS) is 33.3. The molecule has 1 aromatic carbocycles. The molecule has 0 spiro atoms. The lowest BCUT2D eigenvalue weighted by Crippen LogP contribution is -2.38. The first kappa shape index (κ1) is 15.5. The molecule has 114 valence electrons. The number of rotatable bonds is 4. The molecule has 3 atom stereocenters. The number of ether oxygens (including phenoxy) is 1. The van der Waals surface area contributed by atoms with Crippen LogP contribution in [0.2, 0.25) is 0 Å². The average molecular weight is 398 g/mol. The number of carbonyl (C=O) groups excluding carboxylic acids is 1. The molecule has 0 amide bonds. The lowest BCUT2D eigenvalue weighted by molar-refractivity contribution is -0.0390. The molecule has 3 unspecified atom stereocenters. The van der Waals surface area contributed by atoms with Gasteiger partial charge < -0.3 is 4.74 Å². The zero-order valence-electron chi connectivity index (χ0n) is 13.0. The van der Waals surface area contributed by atoms with Crippen LogP contribution in [-0.2, 0) is 4.74 Å². The summed E-state index contributed by atoms with van der Waals surface area (Å²) < 4.78 is 7.22. The molecule has 0 radical (unpaired) electrons. The molecule has 2 bridgehead atoms. The Kier molecular flexibility index (Phi) is 3.93. The lowest BCUT2D eigenvalue weighted by Gasteiger charge is -2.38. The van der Waals surface area contributed by atoms with E-state index < -0.39 is 0 Å². The van der Waals surface area contributed by atoms with E-state index in [4.69, 9.17) is 4.74 Å². The van der Waals surface area contributed by atoms with Crippen LogP contribution in [0.15, 0.2) is 24.3 Å². The minimum Gasteiger partial charge on any atom is -0.369 e. The molecule has 3 rings (SSSR count). The maximum Gasteiger partial charge on any atom is 0.188 e. The summed E-state index contributed by atoms with van der Waals surface area (Å²) in [6.45, 7) is 7.30. The molecular weight excluding hydrogens is 375 g/mol. The fraction of sp³-hybridized carbons (Fsp3) is 0.611. The van der Waals surface area contributed by atoms with E-state index in [1.807, 2.05) is 24.3 Å². The number of benzene rings is 1. The third kappa shape index (κ3) is 2.46. The van der Waals surface area contributed by atoms with Crippen LogP contribution in [0.4, 0.5) is 0 Å². The van der Waals surface area contributed by atoms with E-state index >= 15 is 0 Å². The van der Waals surface area contributed by atoms with Crippen LogP contribution < -0.4 is 0 Å². The average Bonchev–Trinajstić information content (AvgIpc) is 2.78. The van der Waals surface area contributed by atoms with E-state index in [1.54, 1.807) is 0 Å². The van der Waals surface area contributed by atoms with E-state index in [0.717, 1.165) is 21.5 Å². The Morgan fingerprint density at radius 1 is 1.29 bits per heavy atom. The predicted octanol–water partition coefficient (Wildman–Crippen LogP) is 4.71. The molecule has 0 aromatic heterocycles. The first-order valence-electron chi connectivity index (χ1n) is 7.75. The number of hydrogen-bond donors (Lipinski definition) is 0. The van der Waals surface area contributed by atoms with E-state index in [9.17, 15) is 4.79 Å². The summed E-state index contributed by atoms with van der Waals surface area (Å²) in [5.41, 5.74) is 1.32. The van der Waals surface area contributed by atoms with Crippen molar-refractivity contribution >= 4 is 28.4 Å². The van der Waals surface area contributed by atoms with Crippen molar-refractivity contribution in [1.82, 2.24) is 0 Å². The number of ketones is 1. The fourth-order valence-electron chi connectivity index (χ4n) is 4.28. The Hall–Kier alpha value is -0.420. The summed E-state index contributed by atoms with van der Waals surface area (Å²) in [6.07, 6.45) is 3.89. The summed E-state index contributed by atoms with van der Waals surface area (Å²) in [5, 5.41) is 0. The number of fused-ring (bicyclic) bond motifs is 2. The summed E-state index contributed by atoms with van der Waals surface area (Å²) in [7, 11) is 0. The summed E-state index contributed by atoms with van der Waals surface area (Å²) in [6, 6.07) is 7.71. The van der Waals surface area contributed by atoms with Gasteiger partial charge in [-0.25, -0.2) is 0 Å². The second-order valence-electron chi connectivity index (χ2n) is 7.34. The van der Waals surface area contributed by atoms with Gasteiger partial charge in [0.05, 0.1) is 6.10 Å². The Balaban J connectivity index is 1.64. The highest BCUT2D eigenvalue weighted by Crippen LogP contribution is 2.66. The van der Waals surface area contributed by atoms with Gasteiger partial charge >= 0.3 is 0 Å². The fourth-order valence-corrected chi connectivity index (χ4v) is 4.64. The zero-order chi connectivity index (χ0) is 15.3. The second-order valence-corrected chi connectivity index (χ2v) is 8.59. The third-order valence-corrected chi connectivity index (χ3v) is 7.01. The van der Waals surface area contributed by atoms with Crippen LogP contribution in [0.5, 0.6) is 0 Å². The van der Waals surface area contributed by atoms with Crippen molar-refractivity contribution in [2.75, 3.05) is 6.61 Å². The van der Waals surface area contributed by atoms with Crippen LogP contribution in [0.25, 0.3) is 0 Å². The van der Waals surface area contributed by atoms with Crippen LogP contribution in [-0.4, -0.2) is 18.5 Å².